The van der Waals surface area contributed by atoms with Gasteiger partial charge in [-0.3, -0.25) is 10.2 Å². The number of fused-ring (bicyclic) bond motifs is 1. The zero-order chi connectivity index (χ0) is 26.0. The number of benzene rings is 2. The van der Waals surface area contributed by atoms with Crippen molar-refractivity contribution in [3.63, 3.8) is 0 Å². The first kappa shape index (κ1) is 25.3. The lowest BCUT2D eigenvalue weighted by Crippen LogP contribution is -2.46. The molecule has 2 aliphatic rings. The van der Waals surface area contributed by atoms with E-state index in [0.29, 0.717) is 16.9 Å². The predicted molar refractivity (Wildman–Crippen MR) is 138 cm³/mol. The Balaban J connectivity index is 1.54. The van der Waals surface area contributed by atoms with E-state index in [1.54, 1.807) is 62.4 Å². The molecule has 12 heteroatoms. The van der Waals surface area contributed by atoms with Crippen LogP contribution in [0.4, 0.5) is 0 Å². The van der Waals surface area contributed by atoms with E-state index in [1.165, 1.54) is 13.2 Å². The monoisotopic (exact) mass is 526 g/mol. The number of aliphatic imine (C=N–C) groups is 1. The van der Waals surface area contributed by atoms with Gasteiger partial charge in [-0.05, 0) is 47.9 Å². The van der Waals surface area contributed by atoms with Crippen LogP contribution >= 0.6 is 11.9 Å². The number of nitrogens with one attached hydrogen (secondary N) is 1. The minimum atomic E-state index is -3.78. The zero-order valence-electron chi connectivity index (χ0n) is 19.6. The fourth-order valence-electron chi connectivity index (χ4n) is 3.43. The molecule has 0 unspecified atom stereocenters. The van der Waals surface area contributed by atoms with Gasteiger partial charge in [-0.2, -0.15) is 9.39 Å². The van der Waals surface area contributed by atoms with Gasteiger partial charge >= 0.3 is 5.97 Å². The summed E-state index contributed by atoms with van der Waals surface area (Å²) in [5.41, 5.74) is 0.761. The molecule has 0 saturated heterocycles. The van der Waals surface area contributed by atoms with Gasteiger partial charge in [0.05, 0.1) is 35.9 Å². The Morgan fingerprint density at radius 2 is 1.89 bits per heavy atom. The zero-order valence-corrected chi connectivity index (χ0v) is 21.2. The van der Waals surface area contributed by atoms with Crippen molar-refractivity contribution in [1.82, 2.24) is 4.90 Å². The Morgan fingerprint density at radius 3 is 2.56 bits per heavy atom. The van der Waals surface area contributed by atoms with Gasteiger partial charge in [0.2, 0.25) is 20.2 Å². The minimum absolute atomic E-state index is 0.0317. The summed E-state index contributed by atoms with van der Waals surface area (Å²) in [5, 5.41) is 8.26. The van der Waals surface area contributed by atoms with E-state index in [2.05, 4.69) is 9.39 Å². The molecule has 0 saturated carbocycles. The molecule has 2 aromatic rings. The third-order valence-electron chi connectivity index (χ3n) is 5.03. The first-order chi connectivity index (χ1) is 17.1. The van der Waals surface area contributed by atoms with Crippen LogP contribution in [0.25, 0.3) is 6.08 Å². The van der Waals surface area contributed by atoms with Crippen molar-refractivity contribution in [2.75, 3.05) is 12.9 Å². The second-order valence-electron chi connectivity index (χ2n) is 8.27. The molecule has 186 valence electrons. The average molecular weight is 527 g/mol. The smallest absolute Gasteiger partial charge is 0.343 e. The number of nitrogens with zero attached hydrogens (tertiary/aromatic N) is 3. The van der Waals surface area contributed by atoms with Gasteiger partial charge in [-0.15, -0.1) is 0 Å². The first-order valence-electron chi connectivity index (χ1n) is 10.8. The van der Waals surface area contributed by atoms with E-state index in [9.17, 15) is 18.0 Å². The molecule has 10 nitrogen and oxygen atoms in total. The summed E-state index contributed by atoms with van der Waals surface area (Å²) in [5.74, 6) is -1.05. The van der Waals surface area contributed by atoms with Crippen LogP contribution in [0.1, 0.15) is 29.8 Å². The number of amides is 1. The van der Waals surface area contributed by atoms with Gasteiger partial charge in [0, 0.05) is 0 Å². The van der Waals surface area contributed by atoms with Gasteiger partial charge < -0.3 is 9.47 Å². The average Bonchev–Trinajstić information content (AvgIpc) is 3.27. The van der Waals surface area contributed by atoms with E-state index >= 15 is 0 Å². The Labute approximate surface area is 212 Å². The largest absolute Gasteiger partial charge is 0.497 e. The van der Waals surface area contributed by atoms with E-state index in [1.807, 2.05) is 0 Å². The van der Waals surface area contributed by atoms with Gasteiger partial charge in [0.1, 0.15) is 17.3 Å². The lowest BCUT2D eigenvalue weighted by atomic mass is 10.1. The Morgan fingerprint density at radius 1 is 1.17 bits per heavy atom. The molecule has 0 radical (unpaired) electrons. The summed E-state index contributed by atoms with van der Waals surface area (Å²) in [6.07, 6.45) is 1.42. The van der Waals surface area contributed by atoms with Crippen LogP contribution in [0.2, 0.25) is 0 Å². The topological polar surface area (TPSA) is 139 Å². The lowest BCUT2D eigenvalue weighted by Gasteiger charge is -2.24. The van der Waals surface area contributed by atoms with Gasteiger partial charge in [0.15, 0.2) is 0 Å². The molecule has 2 aliphatic heterocycles. The van der Waals surface area contributed by atoms with Gasteiger partial charge in [0.25, 0.3) is 5.91 Å². The third-order valence-corrected chi connectivity index (χ3v) is 7.78. The van der Waals surface area contributed by atoms with E-state index < -0.39 is 21.7 Å². The summed E-state index contributed by atoms with van der Waals surface area (Å²) in [7, 11) is -2.28. The van der Waals surface area contributed by atoms with Crippen LogP contribution in [0.3, 0.4) is 0 Å². The molecule has 1 N–H and O–H groups in total. The van der Waals surface area contributed by atoms with E-state index in [4.69, 9.17) is 14.9 Å². The second kappa shape index (κ2) is 10.1. The molecule has 0 aliphatic carbocycles. The normalized spacial score (nSPS) is 16.7. The maximum absolute atomic E-state index is 12.8. The lowest BCUT2D eigenvalue weighted by molar-refractivity contribution is -0.114. The molecule has 2 aromatic carbocycles. The van der Waals surface area contributed by atoms with Crippen molar-refractivity contribution < 1.29 is 27.5 Å². The number of sulfone groups is 1. The maximum atomic E-state index is 12.8. The molecule has 0 bridgehead atoms. The molecular weight excluding hydrogens is 504 g/mol. The van der Waals surface area contributed by atoms with Crippen LogP contribution in [0.15, 0.2) is 63.5 Å². The Bertz CT molecular complexity index is 1440. The third kappa shape index (κ3) is 5.24. The van der Waals surface area contributed by atoms with E-state index in [-0.39, 0.29) is 39.2 Å². The molecule has 36 heavy (non-hydrogen) atoms. The highest BCUT2D eigenvalue weighted by Crippen LogP contribution is 2.30. The number of hydrogen-bond acceptors (Lipinski definition) is 9. The van der Waals surface area contributed by atoms with Crippen molar-refractivity contribution in [3.05, 3.63) is 65.2 Å². The van der Waals surface area contributed by atoms with Crippen LogP contribution in [-0.4, -0.2) is 54.2 Å². The summed E-state index contributed by atoms with van der Waals surface area (Å²) in [4.78, 5) is 30.0. The summed E-state index contributed by atoms with van der Waals surface area (Å²) >= 11 is 0.752. The maximum Gasteiger partial charge on any atom is 0.343 e. The molecule has 0 atom stereocenters. The Kier molecular flexibility index (Phi) is 7.09. The van der Waals surface area contributed by atoms with Crippen molar-refractivity contribution in [2.45, 2.75) is 13.8 Å². The number of amidine groups is 3. The first-order valence-corrected chi connectivity index (χ1v) is 13.2. The van der Waals surface area contributed by atoms with Gasteiger partial charge in [-0.1, -0.05) is 32.0 Å². The number of carbonyl (C=O) groups excluding carboxylic acids is 2. The fourth-order valence-corrected chi connectivity index (χ4v) is 6.16. The number of ether oxygens (including phenoxy) is 2. The van der Waals surface area contributed by atoms with Crippen molar-refractivity contribution in [1.29, 1.82) is 5.41 Å². The highest BCUT2D eigenvalue weighted by Gasteiger charge is 2.42. The molecule has 4 rings (SSSR count). The molecular formula is C24H22N4O6S2. The quantitative estimate of drug-likeness (QED) is 0.261. The number of methoxy groups -OCH3 is 1. The van der Waals surface area contributed by atoms with Gasteiger partial charge in [-0.25, -0.2) is 18.1 Å². The highest BCUT2D eigenvalue weighted by molar-refractivity contribution is 8.16. The summed E-state index contributed by atoms with van der Waals surface area (Å²) in [6.45, 7) is 3.53. The SMILES string of the molecule is COc1cccc(C(=O)Oc2ccc(/C=C3/C(=N)N4C(=NC3=O)SN=C4S(=O)(=O)CC(C)C)cc2)c1. The second-order valence-corrected chi connectivity index (χ2v) is 10.9. The molecule has 2 heterocycles. The number of esters is 1. The standard InChI is InChI=1S/C24H22N4O6S2/c1-14(2)13-36(31,32)24-27-35-23-26-21(29)19(20(25)28(23)24)11-15-7-9-17(10-8-15)34-22(30)16-5-4-6-18(12-16)33-3/h4-12,14,25H,13H2,1-3H3/b19-11-,25-20?. The van der Waals surface area contributed by atoms with Crippen LogP contribution in [0, 0.1) is 11.3 Å². The Hall–Kier alpha value is -3.77. The molecule has 0 spiro atoms. The minimum Gasteiger partial charge on any atom is -0.497 e. The number of hydrogen-bond donors (Lipinski definition) is 1. The molecule has 0 fully saturated rings. The van der Waals surface area contributed by atoms with Crippen LogP contribution in [0.5, 0.6) is 11.5 Å². The molecule has 0 aromatic heterocycles. The molecule has 1 amide bonds. The summed E-state index contributed by atoms with van der Waals surface area (Å²) < 4.78 is 40.0. The number of rotatable bonds is 6. The number of carbonyl (C=O) groups is 2. The van der Waals surface area contributed by atoms with Crippen molar-refractivity contribution in [3.8, 4) is 11.5 Å². The van der Waals surface area contributed by atoms with Crippen LogP contribution < -0.4 is 9.47 Å². The van der Waals surface area contributed by atoms with E-state index in [0.717, 1.165) is 16.8 Å². The fraction of sp³-hybridized carbons (Fsp3) is 0.208. The highest BCUT2D eigenvalue weighted by atomic mass is 32.2. The van der Waals surface area contributed by atoms with Crippen molar-refractivity contribution >= 4 is 55.9 Å². The van der Waals surface area contributed by atoms with Crippen LogP contribution in [-0.2, 0) is 14.6 Å². The predicted octanol–water partition coefficient (Wildman–Crippen LogP) is 3.56. The summed E-state index contributed by atoms with van der Waals surface area (Å²) in [6, 6.07) is 12.8. The van der Waals surface area contributed by atoms with Crippen molar-refractivity contribution in [2.24, 2.45) is 15.3 Å².